The largest absolute Gasteiger partial charge is 0.497 e. The van der Waals surface area contributed by atoms with Gasteiger partial charge in [-0.2, -0.15) is 5.10 Å². The maximum absolute atomic E-state index is 12.2. The fourth-order valence-electron chi connectivity index (χ4n) is 2.74. The molecular weight excluding hydrogens is 446 g/mol. The molecular formula is C24H22ClN3O5. The van der Waals surface area contributed by atoms with Crippen LogP contribution in [-0.2, 0) is 16.2 Å². The van der Waals surface area contributed by atoms with Gasteiger partial charge in [0.1, 0.15) is 23.9 Å². The van der Waals surface area contributed by atoms with Gasteiger partial charge in [0.15, 0.2) is 0 Å². The third-order valence-electron chi connectivity index (χ3n) is 4.42. The summed E-state index contributed by atoms with van der Waals surface area (Å²) in [6.07, 6.45) is 1.41. The highest BCUT2D eigenvalue weighted by Crippen LogP contribution is 2.28. The van der Waals surface area contributed by atoms with Gasteiger partial charge in [0.05, 0.1) is 26.1 Å². The van der Waals surface area contributed by atoms with Gasteiger partial charge in [-0.25, -0.2) is 5.43 Å². The van der Waals surface area contributed by atoms with Gasteiger partial charge < -0.3 is 19.5 Å². The molecule has 0 radical (unpaired) electrons. The standard InChI is InChI=1S/C24H22ClN3O5/c1-31-19-10-11-22(32-2)21(13-19)27-23(29)24(30)28-26-14-17-4-3-5-20(12-17)33-15-16-6-8-18(25)9-7-16/h3-14H,15H2,1-2H3,(H,27,29)(H,28,30)/b26-14+. The van der Waals surface area contributed by atoms with Crippen LogP contribution in [0.25, 0.3) is 0 Å². The number of methoxy groups -OCH3 is 2. The number of carbonyl (C=O) groups excluding carboxylic acids is 2. The summed E-state index contributed by atoms with van der Waals surface area (Å²) in [5, 5.41) is 6.97. The fraction of sp³-hybridized carbons (Fsp3) is 0.125. The number of halogens is 1. The molecule has 0 bridgehead atoms. The molecule has 0 saturated heterocycles. The van der Waals surface area contributed by atoms with Gasteiger partial charge in [0.2, 0.25) is 0 Å². The second kappa shape index (κ2) is 11.5. The normalized spacial score (nSPS) is 10.5. The van der Waals surface area contributed by atoms with Crippen LogP contribution in [0.1, 0.15) is 11.1 Å². The number of rotatable bonds is 8. The van der Waals surface area contributed by atoms with Crippen LogP contribution in [0.15, 0.2) is 71.8 Å². The smallest absolute Gasteiger partial charge is 0.329 e. The number of nitrogens with one attached hydrogen (secondary N) is 2. The van der Waals surface area contributed by atoms with E-state index in [0.717, 1.165) is 5.56 Å². The molecule has 0 aliphatic carbocycles. The summed E-state index contributed by atoms with van der Waals surface area (Å²) in [6.45, 7) is 0.377. The quantitative estimate of drug-likeness (QED) is 0.296. The zero-order chi connectivity index (χ0) is 23.6. The van der Waals surface area contributed by atoms with E-state index < -0.39 is 11.8 Å². The van der Waals surface area contributed by atoms with Crippen molar-refractivity contribution in [3.8, 4) is 17.2 Å². The van der Waals surface area contributed by atoms with Gasteiger partial charge >= 0.3 is 11.8 Å². The van der Waals surface area contributed by atoms with Gasteiger partial charge in [0, 0.05) is 11.1 Å². The Balaban J connectivity index is 1.55. The summed E-state index contributed by atoms with van der Waals surface area (Å²) >= 11 is 5.89. The number of ether oxygens (including phenoxy) is 3. The predicted molar refractivity (Wildman–Crippen MR) is 126 cm³/mol. The molecule has 0 heterocycles. The minimum Gasteiger partial charge on any atom is -0.497 e. The van der Waals surface area contributed by atoms with E-state index >= 15 is 0 Å². The number of benzene rings is 3. The Kier molecular flexibility index (Phi) is 8.26. The lowest BCUT2D eigenvalue weighted by molar-refractivity contribution is -0.136. The average molecular weight is 468 g/mol. The SMILES string of the molecule is COc1ccc(OC)c(NC(=O)C(=O)N/N=C/c2cccc(OCc3ccc(Cl)cc3)c2)c1. The monoisotopic (exact) mass is 467 g/mol. The number of hydrazone groups is 1. The summed E-state index contributed by atoms with van der Waals surface area (Å²) in [4.78, 5) is 24.3. The van der Waals surface area contributed by atoms with Gasteiger partial charge in [-0.15, -0.1) is 0 Å². The zero-order valence-electron chi connectivity index (χ0n) is 18.0. The lowest BCUT2D eigenvalue weighted by Crippen LogP contribution is -2.32. The summed E-state index contributed by atoms with van der Waals surface area (Å²) in [5.74, 6) is -0.327. The lowest BCUT2D eigenvalue weighted by atomic mass is 10.2. The number of anilines is 1. The first kappa shape index (κ1) is 23.6. The molecule has 8 nitrogen and oxygen atoms in total. The molecule has 0 aromatic heterocycles. The molecule has 0 unspecified atom stereocenters. The van der Waals surface area contributed by atoms with E-state index in [1.54, 1.807) is 54.6 Å². The maximum atomic E-state index is 12.2. The molecule has 0 aliphatic rings. The molecule has 2 amide bonds. The van der Waals surface area contributed by atoms with Crippen LogP contribution in [0.4, 0.5) is 5.69 Å². The maximum Gasteiger partial charge on any atom is 0.329 e. The summed E-state index contributed by atoms with van der Waals surface area (Å²) < 4.78 is 16.1. The minimum atomic E-state index is -0.939. The highest BCUT2D eigenvalue weighted by molar-refractivity contribution is 6.39. The van der Waals surface area contributed by atoms with Crippen molar-refractivity contribution in [3.63, 3.8) is 0 Å². The van der Waals surface area contributed by atoms with E-state index in [0.29, 0.717) is 40.1 Å². The van der Waals surface area contributed by atoms with Crippen molar-refractivity contribution in [2.24, 2.45) is 5.10 Å². The number of hydrogen-bond acceptors (Lipinski definition) is 6. The Bertz CT molecular complexity index is 1150. The molecule has 3 aromatic carbocycles. The second-order valence-corrected chi connectivity index (χ2v) is 7.14. The molecule has 3 aromatic rings. The molecule has 0 fully saturated rings. The molecule has 2 N–H and O–H groups in total. The van der Waals surface area contributed by atoms with Crippen molar-refractivity contribution in [3.05, 3.63) is 82.9 Å². The second-order valence-electron chi connectivity index (χ2n) is 6.71. The molecule has 0 spiro atoms. The van der Waals surface area contributed by atoms with Crippen molar-refractivity contribution in [2.45, 2.75) is 6.61 Å². The van der Waals surface area contributed by atoms with Gasteiger partial charge in [0.25, 0.3) is 0 Å². The summed E-state index contributed by atoms with van der Waals surface area (Å²) in [6, 6.07) is 19.3. The van der Waals surface area contributed by atoms with Crippen molar-refractivity contribution in [2.75, 3.05) is 19.5 Å². The highest BCUT2D eigenvalue weighted by atomic mass is 35.5. The Labute approximate surface area is 196 Å². The average Bonchev–Trinajstić information content (AvgIpc) is 2.83. The molecule has 0 saturated carbocycles. The number of nitrogens with zero attached hydrogens (tertiary/aromatic N) is 1. The van der Waals surface area contributed by atoms with Crippen molar-refractivity contribution in [1.29, 1.82) is 0 Å². The van der Waals surface area contributed by atoms with Crippen LogP contribution in [0.2, 0.25) is 5.02 Å². The van der Waals surface area contributed by atoms with Gasteiger partial charge in [-0.3, -0.25) is 9.59 Å². The molecule has 9 heteroatoms. The Morgan fingerprint density at radius 1 is 0.939 bits per heavy atom. The van der Waals surface area contributed by atoms with E-state index in [4.69, 9.17) is 25.8 Å². The minimum absolute atomic E-state index is 0.298. The summed E-state index contributed by atoms with van der Waals surface area (Å²) in [5.41, 5.74) is 4.15. The van der Waals surface area contributed by atoms with E-state index in [1.807, 2.05) is 12.1 Å². The number of carbonyl (C=O) groups is 2. The van der Waals surface area contributed by atoms with E-state index in [9.17, 15) is 9.59 Å². The van der Waals surface area contributed by atoms with Gasteiger partial charge in [-0.05, 0) is 47.5 Å². The summed E-state index contributed by atoms with van der Waals surface area (Å²) in [7, 11) is 2.95. The third-order valence-corrected chi connectivity index (χ3v) is 4.67. The van der Waals surface area contributed by atoms with Crippen molar-refractivity contribution in [1.82, 2.24) is 5.43 Å². The first-order valence-electron chi connectivity index (χ1n) is 9.82. The van der Waals surface area contributed by atoms with Gasteiger partial charge in [-0.1, -0.05) is 35.9 Å². The molecule has 0 aliphatic heterocycles. The molecule has 33 heavy (non-hydrogen) atoms. The van der Waals surface area contributed by atoms with Crippen LogP contribution in [0.3, 0.4) is 0 Å². The van der Waals surface area contributed by atoms with Crippen LogP contribution >= 0.6 is 11.6 Å². The first-order valence-corrected chi connectivity index (χ1v) is 10.2. The Morgan fingerprint density at radius 3 is 2.45 bits per heavy atom. The van der Waals surface area contributed by atoms with Crippen molar-refractivity contribution < 1.29 is 23.8 Å². The highest BCUT2D eigenvalue weighted by Gasteiger charge is 2.16. The van der Waals surface area contributed by atoms with Crippen molar-refractivity contribution >= 4 is 35.3 Å². The topological polar surface area (TPSA) is 98.2 Å². The lowest BCUT2D eigenvalue weighted by Gasteiger charge is -2.11. The van der Waals surface area contributed by atoms with Crippen LogP contribution in [0, 0.1) is 0 Å². The molecule has 170 valence electrons. The molecule has 3 rings (SSSR count). The molecule has 0 atom stereocenters. The third kappa shape index (κ3) is 6.98. The Hall–Kier alpha value is -4.04. The fourth-order valence-corrected chi connectivity index (χ4v) is 2.86. The predicted octanol–water partition coefficient (Wildman–Crippen LogP) is 4.03. The van der Waals surface area contributed by atoms with Crippen LogP contribution in [-0.4, -0.2) is 32.2 Å². The Morgan fingerprint density at radius 2 is 1.73 bits per heavy atom. The van der Waals surface area contributed by atoms with Crippen LogP contribution in [0.5, 0.6) is 17.2 Å². The zero-order valence-corrected chi connectivity index (χ0v) is 18.8. The van der Waals surface area contributed by atoms with E-state index in [-0.39, 0.29) is 0 Å². The van der Waals surface area contributed by atoms with Crippen LogP contribution < -0.4 is 25.0 Å². The first-order chi connectivity index (χ1) is 16.0. The van der Waals surface area contributed by atoms with E-state index in [1.165, 1.54) is 20.4 Å². The number of amides is 2. The number of hydrogen-bond donors (Lipinski definition) is 2. The van der Waals surface area contributed by atoms with E-state index in [2.05, 4.69) is 15.8 Å².